The highest BCUT2D eigenvalue weighted by Crippen LogP contribution is 2.23. The Labute approximate surface area is 162 Å². The molecule has 140 valence electrons. The fourth-order valence-electron chi connectivity index (χ4n) is 3.11. The summed E-state index contributed by atoms with van der Waals surface area (Å²) in [5.41, 5.74) is 0.456. The summed E-state index contributed by atoms with van der Waals surface area (Å²) in [4.78, 5) is 20.9. The van der Waals surface area contributed by atoms with Crippen LogP contribution in [0.25, 0.3) is 10.9 Å². The molecule has 3 rings (SSSR count). The number of amides is 1. The maximum absolute atomic E-state index is 11.9. The van der Waals surface area contributed by atoms with Gasteiger partial charge in [0.15, 0.2) is 0 Å². The van der Waals surface area contributed by atoms with E-state index in [1.165, 1.54) is 0 Å². The molecule has 1 aromatic carbocycles. The van der Waals surface area contributed by atoms with Gasteiger partial charge in [-0.15, -0.1) is 0 Å². The van der Waals surface area contributed by atoms with Crippen LogP contribution in [0.2, 0.25) is 0 Å². The highest BCUT2D eigenvalue weighted by molar-refractivity contribution is 9.10. The molecule has 1 saturated carbocycles. The number of halogens is 1. The molecule has 26 heavy (non-hydrogen) atoms. The lowest BCUT2D eigenvalue weighted by Gasteiger charge is -2.30. The van der Waals surface area contributed by atoms with Gasteiger partial charge in [0.25, 0.3) is 0 Å². The molecule has 0 spiro atoms. The number of nitrogens with one attached hydrogen (secondary N) is 2. The Morgan fingerprint density at radius 3 is 2.58 bits per heavy atom. The van der Waals surface area contributed by atoms with Crippen molar-refractivity contribution in [1.29, 1.82) is 0 Å². The molecular weight excluding hydrogens is 396 g/mol. The van der Waals surface area contributed by atoms with Crippen LogP contribution >= 0.6 is 15.9 Å². The molecule has 1 heterocycles. The highest BCUT2D eigenvalue weighted by Gasteiger charge is 2.25. The summed E-state index contributed by atoms with van der Waals surface area (Å²) in [7, 11) is 0. The molecule has 0 radical (unpaired) electrons. The summed E-state index contributed by atoms with van der Waals surface area (Å²) in [6, 6.07) is 6.45. The number of carbonyl (C=O) groups excluding carboxylic acids is 1. The van der Waals surface area contributed by atoms with Crippen molar-refractivity contribution in [2.24, 2.45) is 0 Å². The number of alkyl carbamates (subject to hydrolysis) is 1. The molecule has 0 unspecified atom stereocenters. The number of hydrogen-bond acceptors (Lipinski definition) is 5. The summed E-state index contributed by atoms with van der Waals surface area (Å²) in [5.74, 6) is 0.656. The molecule has 2 N–H and O–H groups in total. The van der Waals surface area contributed by atoms with Gasteiger partial charge in [0.05, 0.1) is 5.52 Å². The van der Waals surface area contributed by atoms with Crippen molar-refractivity contribution in [2.45, 2.75) is 64.1 Å². The number of benzene rings is 1. The minimum atomic E-state index is -0.466. The second-order valence-corrected chi connectivity index (χ2v) is 8.65. The topological polar surface area (TPSA) is 76.1 Å². The second kappa shape index (κ2) is 7.78. The molecule has 0 aliphatic heterocycles. The molecule has 1 aliphatic carbocycles. The van der Waals surface area contributed by atoms with Crippen LogP contribution in [0, 0.1) is 0 Å². The van der Waals surface area contributed by atoms with Gasteiger partial charge in [-0.1, -0.05) is 15.9 Å². The first-order chi connectivity index (χ1) is 12.3. The molecule has 1 amide bonds. The number of fused-ring (bicyclic) bond motifs is 1. The summed E-state index contributed by atoms with van der Waals surface area (Å²) in [6.45, 7) is 5.61. The number of ether oxygens (including phenoxy) is 1. The van der Waals surface area contributed by atoms with Crippen molar-refractivity contribution in [3.05, 3.63) is 28.9 Å². The minimum absolute atomic E-state index is 0.165. The van der Waals surface area contributed by atoms with E-state index < -0.39 is 5.60 Å². The quantitative estimate of drug-likeness (QED) is 0.755. The molecule has 6 nitrogen and oxygen atoms in total. The first kappa shape index (κ1) is 18.9. The zero-order chi connectivity index (χ0) is 18.7. The number of rotatable bonds is 3. The van der Waals surface area contributed by atoms with Crippen LogP contribution in [0.5, 0.6) is 0 Å². The van der Waals surface area contributed by atoms with E-state index in [2.05, 4.69) is 36.5 Å². The largest absolute Gasteiger partial charge is 0.444 e. The Morgan fingerprint density at radius 2 is 1.88 bits per heavy atom. The van der Waals surface area contributed by atoms with Gasteiger partial charge in [-0.3, -0.25) is 0 Å². The lowest BCUT2D eigenvalue weighted by Crippen LogP contribution is -2.42. The molecule has 1 aromatic heterocycles. The SMILES string of the molecule is CC(C)(C)OC(=O)N[C@H]1CC[C@H](Nc2ncc3cc(Br)ccc3n2)CC1. The van der Waals surface area contributed by atoms with Crippen LogP contribution < -0.4 is 10.6 Å². The third kappa shape index (κ3) is 5.30. The van der Waals surface area contributed by atoms with Crippen LogP contribution in [0.1, 0.15) is 46.5 Å². The van der Waals surface area contributed by atoms with Crippen LogP contribution in [0.15, 0.2) is 28.9 Å². The van der Waals surface area contributed by atoms with E-state index in [0.29, 0.717) is 12.0 Å². The third-order valence-corrected chi connectivity index (χ3v) is 4.82. The van der Waals surface area contributed by atoms with E-state index in [0.717, 1.165) is 41.1 Å². The second-order valence-electron chi connectivity index (χ2n) is 7.74. The lowest BCUT2D eigenvalue weighted by atomic mass is 9.91. The van der Waals surface area contributed by atoms with Crippen LogP contribution in [-0.2, 0) is 4.74 Å². The molecule has 1 fully saturated rings. The molecule has 2 aromatic rings. The van der Waals surface area contributed by atoms with E-state index in [9.17, 15) is 4.79 Å². The Balaban J connectivity index is 1.51. The van der Waals surface area contributed by atoms with Gasteiger partial charge < -0.3 is 15.4 Å². The maximum Gasteiger partial charge on any atom is 0.407 e. The molecule has 7 heteroatoms. The van der Waals surface area contributed by atoms with E-state index >= 15 is 0 Å². The predicted molar refractivity (Wildman–Crippen MR) is 106 cm³/mol. The third-order valence-electron chi connectivity index (χ3n) is 4.32. The predicted octanol–water partition coefficient (Wildman–Crippen LogP) is 4.64. The van der Waals surface area contributed by atoms with Crippen molar-refractivity contribution in [3.8, 4) is 0 Å². The van der Waals surface area contributed by atoms with E-state index in [-0.39, 0.29) is 12.1 Å². The van der Waals surface area contributed by atoms with Gasteiger partial charge in [0.1, 0.15) is 5.60 Å². The Morgan fingerprint density at radius 1 is 1.19 bits per heavy atom. The van der Waals surface area contributed by atoms with E-state index in [1.54, 1.807) is 0 Å². The van der Waals surface area contributed by atoms with Gasteiger partial charge in [0.2, 0.25) is 5.95 Å². The van der Waals surface area contributed by atoms with Crippen LogP contribution in [0.4, 0.5) is 10.7 Å². The summed E-state index contributed by atoms with van der Waals surface area (Å²) in [5, 5.41) is 7.40. The van der Waals surface area contributed by atoms with Crippen molar-refractivity contribution < 1.29 is 9.53 Å². The van der Waals surface area contributed by atoms with E-state index in [4.69, 9.17) is 4.74 Å². The fourth-order valence-corrected chi connectivity index (χ4v) is 3.49. The molecular formula is C19H25BrN4O2. The average Bonchev–Trinajstić information content (AvgIpc) is 2.55. The minimum Gasteiger partial charge on any atom is -0.444 e. The molecule has 0 saturated heterocycles. The summed E-state index contributed by atoms with van der Waals surface area (Å²) < 4.78 is 6.34. The molecule has 0 atom stereocenters. The van der Waals surface area contributed by atoms with Crippen molar-refractivity contribution in [1.82, 2.24) is 15.3 Å². The number of anilines is 1. The smallest absolute Gasteiger partial charge is 0.407 e. The summed E-state index contributed by atoms with van der Waals surface area (Å²) >= 11 is 3.46. The highest BCUT2D eigenvalue weighted by atomic mass is 79.9. The Kier molecular flexibility index (Phi) is 5.65. The molecule has 0 bridgehead atoms. The standard InChI is InChI=1S/C19H25BrN4O2/c1-19(2,3)26-18(25)23-15-7-5-14(6-8-15)22-17-21-11-12-10-13(20)4-9-16(12)24-17/h4,9-11,14-15H,5-8H2,1-3H3,(H,23,25)(H,21,22,24)/t14-,15-. The van der Waals surface area contributed by atoms with Crippen molar-refractivity contribution >= 4 is 38.9 Å². The zero-order valence-corrected chi connectivity index (χ0v) is 17.0. The van der Waals surface area contributed by atoms with Crippen molar-refractivity contribution in [3.63, 3.8) is 0 Å². The monoisotopic (exact) mass is 420 g/mol. The van der Waals surface area contributed by atoms with Gasteiger partial charge in [0, 0.05) is 28.1 Å². The first-order valence-corrected chi connectivity index (χ1v) is 9.76. The normalized spacial score (nSPS) is 20.6. The number of hydrogen-bond donors (Lipinski definition) is 2. The van der Waals surface area contributed by atoms with Gasteiger partial charge in [-0.05, 0) is 64.7 Å². The average molecular weight is 421 g/mol. The molecule has 1 aliphatic rings. The Hall–Kier alpha value is -1.89. The maximum atomic E-state index is 11.9. The van der Waals surface area contributed by atoms with Gasteiger partial charge in [-0.25, -0.2) is 14.8 Å². The number of aromatic nitrogens is 2. The Bertz CT molecular complexity index is 783. The van der Waals surface area contributed by atoms with E-state index in [1.807, 2.05) is 45.2 Å². The number of carbonyl (C=O) groups is 1. The van der Waals surface area contributed by atoms with Crippen LogP contribution in [-0.4, -0.2) is 33.7 Å². The van der Waals surface area contributed by atoms with Crippen molar-refractivity contribution in [2.75, 3.05) is 5.32 Å². The zero-order valence-electron chi connectivity index (χ0n) is 15.4. The lowest BCUT2D eigenvalue weighted by molar-refractivity contribution is 0.0492. The van der Waals surface area contributed by atoms with Gasteiger partial charge in [-0.2, -0.15) is 0 Å². The number of nitrogens with zero attached hydrogens (tertiary/aromatic N) is 2. The van der Waals surface area contributed by atoms with Crippen LogP contribution in [0.3, 0.4) is 0 Å². The van der Waals surface area contributed by atoms with Gasteiger partial charge >= 0.3 is 6.09 Å². The summed E-state index contributed by atoms with van der Waals surface area (Å²) in [6.07, 6.45) is 5.25. The first-order valence-electron chi connectivity index (χ1n) is 8.97. The fraction of sp³-hybridized carbons (Fsp3) is 0.526.